The number of nitrogens with one attached hydrogen (secondary N) is 4. The molecular formula is C18H27ClN4O3. The van der Waals surface area contributed by atoms with Gasteiger partial charge < -0.3 is 16.0 Å². The van der Waals surface area contributed by atoms with Crippen LogP contribution in [-0.4, -0.2) is 36.5 Å². The van der Waals surface area contributed by atoms with E-state index in [2.05, 4.69) is 21.3 Å². The Balaban J connectivity index is 2.60. The summed E-state index contributed by atoms with van der Waals surface area (Å²) in [5, 5.41) is 10.8. The van der Waals surface area contributed by atoms with Crippen molar-refractivity contribution in [2.45, 2.75) is 46.1 Å². The average molecular weight is 383 g/mol. The third kappa shape index (κ3) is 7.31. The molecule has 144 valence electrons. The number of rotatable bonds is 8. The summed E-state index contributed by atoms with van der Waals surface area (Å²) in [4.78, 5) is 35.4. The Morgan fingerprint density at radius 1 is 1.15 bits per heavy atom. The summed E-state index contributed by atoms with van der Waals surface area (Å²) in [6.45, 7) is 8.18. The van der Waals surface area contributed by atoms with Crippen molar-refractivity contribution in [1.29, 1.82) is 0 Å². The monoisotopic (exact) mass is 382 g/mol. The van der Waals surface area contributed by atoms with E-state index >= 15 is 0 Å². The molecule has 0 heterocycles. The van der Waals surface area contributed by atoms with Crippen molar-refractivity contribution >= 4 is 35.1 Å². The zero-order valence-electron chi connectivity index (χ0n) is 15.7. The van der Waals surface area contributed by atoms with Crippen molar-refractivity contribution in [3.8, 4) is 0 Å². The molecule has 4 N–H and O–H groups in total. The molecule has 1 aromatic carbocycles. The van der Waals surface area contributed by atoms with Gasteiger partial charge in [0.1, 0.15) is 0 Å². The molecule has 26 heavy (non-hydrogen) atoms. The average Bonchev–Trinajstić information content (AvgIpc) is 2.57. The molecule has 0 aliphatic carbocycles. The van der Waals surface area contributed by atoms with E-state index in [0.717, 1.165) is 12.8 Å². The molecule has 7 nitrogen and oxygen atoms in total. The summed E-state index contributed by atoms with van der Waals surface area (Å²) in [5.41, 5.74) is 0.612. The zero-order chi connectivity index (χ0) is 19.7. The number of amides is 4. The molecule has 0 aliphatic rings. The lowest BCUT2D eigenvalue weighted by molar-refractivity contribution is -0.118. The van der Waals surface area contributed by atoms with Crippen molar-refractivity contribution < 1.29 is 14.4 Å². The van der Waals surface area contributed by atoms with Gasteiger partial charge in [0.25, 0.3) is 5.91 Å². The Hall–Kier alpha value is -2.28. The fraction of sp³-hybridized carbons (Fsp3) is 0.500. The number of hydrogen-bond acceptors (Lipinski definition) is 4. The summed E-state index contributed by atoms with van der Waals surface area (Å²) in [6, 6.07) is 4.30. The van der Waals surface area contributed by atoms with Gasteiger partial charge in [-0.25, -0.2) is 4.79 Å². The van der Waals surface area contributed by atoms with E-state index in [0.29, 0.717) is 17.8 Å². The maximum atomic E-state index is 12.3. The minimum absolute atomic E-state index is 0.0930. The van der Waals surface area contributed by atoms with Crippen LogP contribution >= 0.6 is 11.6 Å². The predicted octanol–water partition coefficient (Wildman–Crippen LogP) is 2.91. The normalized spacial score (nSPS) is 10.8. The van der Waals surface area contributed by atoms with Gasteiger partial charge in [-0.15, -0.1) is 0 Å². The first kappa shape index (κ1) is 21.8. The Morgan fingerprint density at radius 2 is 1.85 bits per heavy atom. The SMILES string of the molecule is CCCNC(=O)NC(=O)CNc1ccc(C(=O)NC(C)(C)CC)c(Cl)c1. The molecule has 4 amide bonds. The summed E-state index contributed by atoms with van der Waals surface area (Å²) < 4.78 is 0. The van der Waals surface area contributed by atoms with E-state index in [-0.39, 0.29) is 23.0 Å². The van der Waals surface area contributed by atoms with Gasteiger partial charge >= 0.3 is 6.03 Å². The van der Waals surface area contributed by atoms with Crippen LogP contribution in [0, 0.1) is 0 Å². The van der Waals surface area contributed by atoms with Crippen LogP contribution in [0.4, 0.5) is 10.5 Å². The Morgan fingerprint density at radius 3 is 2.42 bits per heavy atom. The minimum Gasteiger partial charge on any atom is -0.376 e. The number of halogens is 1. The quantitative estimate of drug-likeness (QED) is 0.555. The smallest absolute Gasteiger partial charge is 0.321 e. The van der Waals surface area contributed by atoms with Gasteiger partial charge in [0, 0.05) is 17.8 Å². The first-order chi connectivity index (χ1) is 12.2. The minimum atomic E-state index is -0.526. The van der Waals surface area contributed by atoms with Gasteiger partial charge in [-0.2, -0.15) is 0 Å². The predicted molar refractivity (Wildman–Crippen MR) is 104 cm³/mol. The molecule has 0 aliphatic heterocycles. The van der Waals surface area contributed by atoms with Crippen LogP contribution in [0.15, 0.2) is 18.2 Å². The van der Waals surface area contributed by atoms with Gasteiger partial charge in [0.2, 0.25) is 5.91 Å². The molecule has 0 atom stereocenters. The topological polar surface area (TPSA) is 99.3 Å². The Bertz CT molecular complexity index is 662. The van der Waals surface area contributed by atoms with Crippen LogP contribution in [0.3, 0.4) is 0 Å². The summed E-state index contributed by atoms with van der Waals surface area (Å²) >= 11 is 6.19. The number of benzene rings is 1. The van der Waals surface area contributed by atoms with Crippen molar-refractivity contribution in [1.82, 2.24) is 16.0 Å². The van der Waals surface area contributed by atoms with E-state index in [1.54, 1.807) is 18.2 Å². The van der Waals surface area contributed by atoms with Gasteiger partial charge in [-0.3, -0.25) is 14.9 Å². The highest BCUT2D eigenvalue weighted by Crippen LogP contribution is 2.22. The molecule has 1 rings (SSSR count). The van der Waals surface area contributed by atoms with Crippen molar-refractivity contribution in [2.24, 2.45) is 0 Å². The number of carbonyl (C=O) groups excluding carboxylic acids is 3. The van der Waals surface area contributed by atoms with Crippen LogP contribution < -0.4 is 21.3 Å². The molecule has 0 saturated carbocycles. The van der Waals surface area contributed by atoms with E-state index in [1.807, 2.05) is 27.7 Å². The van der Waals surface area contributed by atoms with Crippen molar-refractivity contribution in [3.05, 3.63) is 28.8 Å². The van der Waals surface area contributed by atoms with Crippen LogP contribution in [-0.2, 0) is 4.79 Å². The zero-order valence-corrected chi connectivity index (χ0v) is 16.4. The molecule has 0 saturated heterocycles. The van der Waals surface area contributed by atoms with Crippen LogP contribution in [0.2, 0.25) is 5.02 Å². The molecule has 1 aromatic rings. The van der Waals surface area contributed by atoms with Crippen LogP contribution in [0.25, 0.3) is 0 Å². The van der Waals surface area contributed by atoms with Crippen LogP contribution in [0.1, 0.15) is 50.9 Å². The standard InChI is InChI=1S/C18H27ClN4O3/c1-5-9-20-17(26)22-15(24)11-21-12-7-8-13(14(19)10-12)16(25)23-18(3,4)6-2/h7-8,10,21H,5-6,9,11H2,1-4H3,(H,23,25)(H2,20,22,24,26). The van der Waals surface area contributed by atoms with E-state index in [9.17, 15) is 14.4 Å². The first-order valence-corrected chi connectivity index (χ1v) is 9.00. The second-order valence-electron chi connectivity index (χ2n) is 6.54. The molecule has 8 heteroatoms. The Kier molecular flexibility index (Phi) is 8.38. The van der Waals surface area contributed by atoms with Crippen LogP contribution in [0.5, 0.6) is 0 Å². The van der Waals surface area contributed by atoms with Crippen molar-refractivity contribution in [2.75, 3.05) is 18.4 Å². The Labute approximate surface area is 159 Å². The molecule has 0 aromatic heterocycles. The summed E-state index contributed by atoms with van der Waals surface area (Å²) in [6.07, 6.45) is 1.57. The number of urea groups is 1. The lowest BCUT2D eigenvalue weighted by Crippen LogP contribution is -2.42. The highest BCUT2D eigenvalue weighted by molar-refractivity contribution is 6.34. The third-order valence-corrected chi connectivity index (χ3v) is 4.10. The fourth-order valence-electron chi connectivity index (χ4n) is 1.91. The van der Waals surface area contributed by atoms with Gasteiger partial charge in [0.15, 0.2) is 0 Å². The molecule has 0 radical (unpaired) electrons. The lowest BCUT2D eigenvalue weighted by atomic mass is 10.0. The second kappa shape index (κ2) is 10.0. The number of carbonyl (C=O) groups is 3. The third-order valence-electron chi connectivity index (χ3n) is 3.79. The number of imide groups is 1. The highest BCUT2D eigenvalue weighted by atomic mass is 35.5. The molecule has 0 fully saturated rings. The number of hydrogen-bond donors (Lipinski definition) is 4. The molecule has 0 bridgehead atoms. The highest BCUT2D eigenvalue weighted by Gasteiger charge is 2.20. The molecule has 0 spiro atoms. The maximum Gasteiger partial charge on any atom is 0.321 e. The van der Waals surface area contributed by atoms with Gasteiger partial charge in [-0.05, 0) is 44.9 Å². The maximum absolute atomic E-state index is 12.3. The van der Waals surface area contributed by atoms with Gasteiger partial charge in [-0.1, -0.05) is 25.4 Å². The van der Waals surface area contributed by atoms with Gasteiger partial charge in [0.05, 0.1) is 17.1 Å². The first-order valence-electron chi connectivity index (χ1n) is 8.62. The van der Waals surface area contributed by atoms with E-state index < -0.39 is 11.9 Å². The second-order valence-corrected chi connectivity index (χ2v) is 6.95. The number of anilines is 1. The summed E-state index contributed by atoms with van der Waals surface area (Å²) in [7, 11) is 0. The molecular weight excluding hydrogens is 356 g/mol. The fourth-order valence-corrected chi connectivity index (χ4v) is 2.17. The van der Waals surface area contributed by atoms with E-state index in [1.165, 1.54) is 0 Å². The molecule has 0 unspecified atom stereocenters. The van der Waals surface area contributed by atoms with Crippen molar-refractivity contribution in [3.63, 3.8) is 0 Å². The lowest BCUT2D eigenvalue weighted by Gasteiger charge is -2.24. The van der Waals surface area contributed by atoms with E-state index in [4.69, 9.17) is 11.6 Å². The summed E-state index contributed by atoms with van der Waals surface area (Å²) in [5.74, 6) is -0.722. The largest absolute Gasteiger partial charge is 0.376 e.